The largest absolute Gasteiger partial charge is 0.481 e. The fraction of sp³-hybridized carbons (Fsp3) is 0.583. The fourth-order valence-corrected chi connectivity index (χ4v) is 5.79. The van der Waals surface area contributed by atoms with Crippen molar-refractivity contribution in [1.82, 2.24) is 0 Å². The van der Waals surface area contributed by atoms with Gasteiger partial charge in [-0.1, -0.05) is 6.42 Å². The lowest BCUT2D eigenvalue weighted by Crippen LogP contribution is -2.31. The van der Waals surface area contributed by atoms with Crippen LogP contribution in [0.2, 0.25) is 0 Å². The highest BCUT2D eigenvalue weighted by atomic mass is 32.2. The molecule has 0 aliphatic heterocycles. The number of carbonyl (C=O) groups is 1. The number of aliphatic carboxylic acids is 1. The van der Waals surface area contributed by atoms with Crippen LogP contribution in [0, 0.1) is 12.8 Å². The summed E-state index contributed by atoms with van der Waals surface area (Å²) in [6.45, 7) is 1.87. The summed E-state index contributed by atoms with van der Waals surface area (Å²) in [5, 5.41) is 8.47. The second-order valence-electron chi connectivity index (χ2n) is 4.73. The molecule has 1 N–H and O–H groups in total. The third-order valence-corrected chi connectivity index (χ3v) is 7.16. The van der Waals surface area contributed by atoms with Crippen molar-refractivity contribution in [2.24, 2.45) is 5.92 Å². The molecule has 1 heterocycles. The van der Waals surface area contributed by atoms with E-state index in [1.165, 1.54) is 11.3 Å². The first-order valence-corrected chi connectivity index (χ1v) is 8.30. The molecule has 1 aliphatic rings. The van der Waals surface area contributed by atoms with Crippen LogP contribution in [0.25, 0.3) is 0 Å². The molecular weight excluding hydrogens is 272 g/mol. The fourth-order valence-electron chi connectivity index (χ4n) is 2.38. The van der Waals surface area contributed by atoms with E-state index < -0.39 is 27.0 Å². The summed E-state index contributed by atoms with van der Waals surface area (Å²) in [6, 6.07) is 3.41. The van der Waals surface area contributed by atoms with E-state index in [2.05, 4.69) is 0 Å². The number of rotatable bonds is 3. The molecule has 4 nitrogen and oxygen atoms in total. The molecule has 0 radical (unpaired) electrons. The Labute approximate surface area is 111 Å². The minimum Gasteiger partial charge on any atom is -0.481 e. The lowest BCUT2D eigenvalue weighted by atomic mass is 9.89. The first-order chi connectivity index (χ1) is 8.41. The van der Waals surface area contributed by atoms with Gasteiger partial charge in [0.15, 0.2) is 9.84 Å². The number of hydrogen-bond donors (Lipinski definition) is 1. The Morgan fingerprint density at radius 3 is 2.67 bits per heavy atom. The smallest absolute Gasteiger partial charge is 0.306 e. The Balaban J connectivity index is 2.22. The van der Waals surface area contributed by atoms with Gasteiger partial charge in [0, 0.05) is 4.88 Å². The van der Waals surface area contributed by atoms with Crippen molar-refractivity contribution in [1.29, 1.82) is 0 Å². The van der Waals surface area contributed by atoms with Gasteiger partial charge in [-0.2, -0.15) is 0 Å². The Morgan fingerprint density at radius 1 is 1.39 bits per heavy atom. The van der Waals surface area contributed by atoms with Gasteiger partial charge in [0.2, 0.25) is 0 Å². The van der Waals surface area contributed by atoms with Crippen molar-refractivity contribution < 1.29 is 18.3 Å². The van der Waals surface area contributed by atoms with E-state index in [0.29, 0.717) is 23.5 Å². The van der Waals surface area contributed by atoms with Gasteiger partial charge in [-0.05, 0) is 38.3 Å². The maximum absolute atomic E-state index is 12.4. The lowest BCUT2D eigenvalue weighted by Gasteiger charge is -2.25. The van der Waals surface area contributed by atoms with Crippen LogP contribution in [-0.2, 0) is 14.6 Å². The molecule has 1 fully saturated rings. The zero-order valence-electron chi connectivity index (χ0n) is 10.1. The molecule has 1 aliphatic carbocycles. The third kappa shape index (κ3) is 2.59. The van der Waals surface area contributed by atoms with Gasteiger partial charge in [-0.15, -0.1) is 11.3 Å². The zero-order valence-corrected chi connectivity index (χ0v) is 11.8. The summed E-state index contributed by atoms with van der Waals surface area (Å²) in [4.78, 5) is 11.9. The molecule has 2 atom stereocenters. The van der Waals surface area contributed by atoms with Gasteiger partial charge >= 0.3 is 5.97 Å². The molecule has 0 saturated heterocycles. The summed E-state index contributed by atoms with van der Waals surface area (Å²) in [7, 11) is -3.35. The number of carboxylic acids is 1. The van der Waals surface area contributed by atoms with E-state index in [1.807, 2.05) is 6.92 Å². The first-order valence-electron chi connectivity index (χ1n) is 5.94. The molecule has 0 amide bonds. The Kier molecular flexibility index (Phi) is 3.77. The number of carboxylic acid groups (broad SMARTS) is 1. The molecule has 0 bridgehead atoms. The topological polar surface area (TPSA) is 71.4 Å². The van der Waals surface area contributed by atoms with Crippen molar-refractivity contribution in [3.05, 3.63) is 17.0 Å². The standard InChI is InChI=1S/C12H16O4S2/c1-8-5-6-11(17-8)18(15,16)10-4-2-3-9(7-10)12(13)14/h5-6,9-10H,2-4,7H2,1H3,(H,13,14). The van der Waals surface area contributed by atoms with E-state index in [0.717, 1.165) is 4.88 Å². The average Bonchev–Trinajstić information content (AvgIpc) is 2.77. The summed E-state index contributed by atoms with van der Waals surface area (Å²) >= 11 is 1.26. The van der Waals surface area contributed by atoms with Crippen molar-refractivity contribution in [2.75, 3.05) is 0 Å². The highest BCUT2D eigenvalue weighted by Gasteiger charge is 2.36. The van der Waals surface area contributed by atoms with Crippen molar-refractivity contribution in [2.45, 2.75) is 42.1 Å². The van der Waals surface area contributed by atoms with E-state index >= 15 is 0 Å². The number of sulfone groups is 1. The van der Waals surface area contributed by atoms with Gasteiger partial charge in [-0.25, -0.2) is 8.42 Å². The monoisotopic (exact) mass is 288 g/mol. The number of aryl methyl sites for hydroxylation is 1. The minimum absolute atomic E-state index is 0.245. The second kappa shape index (κ2) is 5.01. The van der Waals surface area contributed by atoms with Crippen LogP contribution in [0.3, 0.4) is 0 Å². The van der Waals surface area contributed by atoms with Crippen molar-refractivity contribution in [3.63, 3.8) is 0 Å². The van der Waals surface area contributed by atoms with Crippen LogP contribution >= 0.6 is 11.3 Å². The molecule has 0 aromatic carbocycles. The summed E-state index contributed by atoms with van der Waals surface area (Å²) in [6.07, 6.45) is 2.08. The van der Waals surface area contributed by atoms with Gasteiger partial charge < -0.3 is 5.11 Å². The molecule has 0 spiro atoms. The van der Waals surface area contributed by atoms with Crippen LogP contribution < -0.4 is 0 Å². The van der Waals surface area contributed by atoms with Gasteiger partial charge in [0.25, 0.3) is 0 Å². The molecular formula is C12H16O4S2. The number of hydrogen-bond acceptors (Lipinski definition) is 4. The summed E-state index contributed by atoms with van der Waals surface area (Å²) < 4.78 is 25.1. The van der Waals surface area contributed by atoms with Crippen LogP contribution in [0.15, 0.2) is 16.3 Å². The van der Waals surface area contributed by atoms with Crippen LogP contribution in [0.1, 0.15) is 30.6 Å². The Morgan fingerprint density at radius 2 is 2.11 bits per heavy atom. The van der Waals surface area contributed by atoms with E-state index in [9.17, 15) is 13.2 Å². The van der Waals surface area contributed by atoms with Crippen molar-refractivity contribution >= 4 is 27.1 Å². The first kappa shape index (κ1) is 13.5. The minimum atomic E-state index is -3.35. The molecule has 100 valence electrons. The normalized spacial score (nSPS) is 24.9. The highest BCUT2D eigenvalue weighted by Crippen LogP contribution is 2.34. The van der Waals surface area contributed by atoms with Gasteiger partial charge in [0.05, 0.1) is 11.2 Å². The molecule has 1 aromatic heterocycles. The quantitative estimate of drug-likeness (QED) is 0.927. The van der Waals surface area contributed by atoms with Crippen molar-refractivity contribution in [3.8, 4) is 0 Å². The highest BCUT2D eigenvalue weighted by molar-refractivity contribution is 7.94. The molecule has 6 heteroatoms. The average molecular weight is 288 g/mol. The van der Waals surface area contributed by atoms with Crippen LogP contribution in [0.4, 0.5) is 0 Å². The molecule has 2 unspecified atom stereocenters. The molecule has 1 aromatic rings. The molecule has 1 saturated carbocycles. The van der Waals surface area contributed by atoms with Crippen LogP contribution in [-0.4, -0.2) is 24.7 Å². The Bertz CT molecular complexity index is 544. The van der Waals surface area contributed by atoms with Gasteiger partial charge in [0.1, 0.15) is 4.21 Å². The van der Waals surface area contributed by atoms with E-state index in [4.69, 9.17) is 5.11 Å². The maximum atomic E-state index is 12.4. The predicted octanol–water partition coefficient (Wildman–Crippen LogP) is 2.47. The second-order valence-corrected chi connectivity index (χ2v) is 8.48. The maximum Gasteiger partial charge on any atom is 0.306 e. The molecule has 2 rings (SSSR count). The zero-order chi connectivity index (χ0) is 13.3. The molecule has 18 heavy (non-hydrogen) atoms. The third-order valence-electron chi connectivity index (χ3n) is 3.41. The van der Waals surface area contributed by atoms with Gasteiger partial charge in [-0.3, -0.25) is 4.79 Å². The Hall–Kier alpha value is -0.880. The summed E-state index contributed by atoms with van der Waals surface area (Å²) in [5.74, 6) is -1.39. The van der Waals surface area contributed by atoms with E-state index in [1.54, 1.807) is 12.1 Å². The number of thiophene rings is 1. The lowest BCUT2D eigenvalue weighted by molar-refractivity contribution is -0.142. The SMILES string of the molecule is Cc1ccc(S(=O)(=O)C2CCCC(C(=O)O)C2)s1. The van der Waals surface area contributed by atoms with E-state index in [-0.39, 0.29) is 6.42 Å². The van der Waals surface area contributed by atoms with Crippen LogP contribution in [0.5, 0.6) is 0 Å². The summed E-state index contributed by atoms with van der Waals surface area (Å²) in [5.41, 5.74) is 0. The predicted molar refractivity (Wildman–Crippen MR) is 69.6 cm³/mol.